The number of primary amides is 1. The molecule has 3 aromatic rings. The number of carbonyl (C=O) groups is 4. The maximum atomic E-state index is 13.7. The summed E-state index contributed by atoms with van der Waals surface area (Å²) in [5.74, 6) is -0.704. The fourth-order valence-corrected chi connectivity index (χ4v) is 6.52. The number of rotatable bonds is 8. The zero-order chi connectivity index (χ0) is 31.4. The lowest BCUT2D eigenvalue weighted by molar-refractivity contribution is -0.152. The molecule has 230 valence electrons. The van der Waals surface area contributed by atoms with E-state index in [4.69, 9.17) is 15.2 Å². The van der Waals surface area contributed by atoms with Gasteiger partial charge in [0.05, 0.1) is 7.11 Å². The highest BCUT2D eigenvalue weighted by molar-refractivity contribution is 9.10. The molecule has 0 spiro atoms. The predicted octanol–water partition coefficient (Wildman–Crippen LogP) is 4.84. The summed E-state index contributed by atoms with van der Waals surface area (Å²) in [6, 6.07) is 20.9. The van der Waals surface area contributed by atoms with Gasteiger partial charge in [0.2, 0.25) is 5.91 Å². The first-order valence-corrected chi connectivity index (χ1v) is 15.2. The number of fused-ring (bicyclic) bond motifs is 1. The Morgan fingerprint density at radius 2 is 1.64 bits per heavy atom. The van der Waals surface area contributed by atoms with Gasteiger partial charge >= 0.3 is 12.0 Å². The minimum atomic E-state index is -0.662. The van der Waals surface area contributed by atoms with Crippen molar-refractivity contribution >= 4 is 45.3 Å². The van der Waals surface area contributed by atoms with E-state index in [0.29, 0.717) is 37.5 Å². The van der Waals surface area contributed by atoms with Gasteiger partial charge in [0.1, 0.15) is 11.9 Å². The summed E-state index contributed by atoms with van der Waals surface area (Å²) in [6.07, 6.45) is 0.0761. The molecule has 2 aliphatic heterocycles. The predicted molar refractivity (Wildman–Crippen MR) is 169 cm³/mol. The molecule has 5 rings (SSSR count). The molecule has 44 heavy (non-hydrogen) atoms. The number of nitrogens with one attached hydrogen (secondary N) is 1. The van der Waals surface area contributed by atoms with Crippen molar-refractivity contribution in [3.8, 4) is 5.75 Å². The molecule has 10 nitrogen and oxygen atoms in total. The fraction of sp³-hybridized carbons (Fsp3) is 0.333. The normalized spacial score (nSPS) is 21.6. The number of anilines is 1. The Bertz CT molecular complexity index is 1530. The van der Waals surface area contributed by atoms with Gasteiger partial charge in [-0.1, -0.05) is 46.3 Å². The van der Waals surface area contributed by atoms with Crippen LogP contribution in [0.4, 0.5) is 10.5 Å². The van der Waals surface area contributed by atoms with Gasteiger partial charge in [-0.05, 0) is 48.0 Å². The highest BCUT2D eigenvalue weighted by Gasteiger charge is 2.52. The molecule has 0 bridgehead atoms. The molecular weight excluding hydrogens is 628 g/mol. The Hall–Kier alpha value is -4.22. The Morgan fingerprint density at radius 3 is 2.27 bits per heavy atom. The summed E-state index contributed by atoms with van der Waals surface area (Å²) < 4.78 is 11.8. The quantitative estimate of drug-likeness (QED) is 0.261. The summed E-state index contributed by atoms with van der Waals surface area (Å²) in [5, 5.41) is 2.97. The number of hydrogen-bond donors (Lipinski definition) is 2. The SMILES string of the molecule is COc1ccc(NC(=O)N2CCC(OC(C)=O)CN3[C@H](CC(=O)c4ccccc4C(N)=O)[C@H](c4ccc(Br)cc4)[C@@H]3C2)cc1. The molecular formula is C33H35BrN4O6. The molecule has 0 aliphatic carbocycles. The molecule has 0 radical (unpaired) electrons. The van der Waals surface area contributed by atoms with Crippen molar-refractivity contribution in [2.75, 3.05) is 32.1 Å². The van der Waals surface area contributed by atoms with Crippen LogP contribution in [0.5, 0.6) is 5.75 Å². The van der Waals surface area contributed by atoms with Gasteiger partial charge in [-0.2, -0.15) is 0 Å². The summed E-state index contributed by atoms with van der Waals surface area (Å²) in [4.78, 5) is 55.3. The van der Waals surface area contributed by atoms with Crippen LogP contribution in [-0.4, -0.2) is 78.4 Å². The van der Waals surface area contributed by atoms with E-state index in [1.807, 2.05) is 24.3 Å². The number of benzene rings is 3. The first-order valence-electron chi connectivity index (χ1n) is 14.4. The van der Waals surface area contributed by atoms with Crippen molar-refractivity contribution in [2.45, 2.75) is 43.9 Å². The number of nitrogens with two attached hydrogens (primary N) is 1. The molecule has 2 heterocycles. The number of halogens is 1. The molecule has 11 heteroatoms. The lowest BCUT2D eigenvalue weighted by atomic mass is 9.71. The third-order valence-corrected chi connectivity index (χ3v) is 8.86. The van der Waals surface area contributed by atoms with Crippen molar-refractivity contribution in [1.82, 2.24) is 9.80 Å². The molecule has 0 aromatic heterocycles. The van der Waals surface area contributed by atoms with E-state index in [9.17, 15) is 19.2 Å². The second-order valence-electron chi connectivity index (χ2n) is 11.1. The zero-order valence-electron chi connectivity index (χ0n) is 24.6. The number of esters is 1. The maximum absolute atomic E-state index is 13.7. The molecule has 0 saturated carbocycles. The zero-order valence-corrected chi connectivity index (χ0v) is 26.2. The lowest BCUT2D eigenvalue weighted by Gasteiger charge is -2.58. The van der Waals surface area contributed by atoms with E-state index in [2.05, 4.69) is 26.1 Å². The third kappa shape index (κ3) is 6.95. The van der Waals surface area contributed by atoms with E-state index >= 15 is 0 Å². The van der Waals surface area contributed by atoms with Crippen molar-refractivity contribution in [1.29, 1.82) is 0 Å². The minimum absolute atomic E-state index is 0.111. The topological polar surface area (TPSA) is 131 Å². The Balaban J connectivity index is 1.46. The largest absolute Gasteiger partial charge is 0.497 e. The van der Waals surface area contributed by atoms with Crippen molar-refractivity contribution < 1.29 is 28.7 Å². The highest BCUT2D eigenvalue weighted by atomic mass is 79.9. The second kappa shape index (κ2) is 13.6. The molecule has 3 aromatic carbocycles. The summed E-state index contributed by atoms with van der Waals surface area (Å²) in [7, 11) is 1.58. The maximum Gasteiger partial charge on any atom is 0.321 e. The van der Waals surface area contributed by atoms with Crippen LogP contribution >= 0.6 is 15.9 Å². The number of urea groups is 1. The Labute approximate surface area is 264 Å². The van der Waals surface area contributed by atoms with Gasteiger partial charge in [0.15, 0.2) is 5.78 Å². The standard InChI is InChI=1S/C33H35BrN4O6/c1-20(39)44-25-15-16-37(33(42)36-23-11-13-24(43-2)14-12-23)19-29-31(21-7-9-22(34)10-8-21)28(38(29)18-25)17-30(40)26-5-3-4-6-27(26)32(35)41/h3-14,25,28-29,31H,15-19H2,1-2H3,(H2,35,41)(H,36,42)/t25?,28-,29+,31+/m1/s1. The van der Waals surface area contributed by atoms with Gasteiger partial charge in [0.25, 0.3) is 0 Å². The van der Waals surface area contributed by atoms with Gasteiger partial charge in [-0.25, -0.2) is 4.79 Å². The molecule has 2 fully saturated rings. The van der Waals surface area contributed by atoms with Gasteiger partial charge < -0.3 is 25.4 Å². The first kappa shape index (κ1) is 31.2. The Kier molecular flexibility index (Phi) is 9.65. The van der Waals surface area contributed by atoms with Gasteiger partial charge in [0, 0.05) is 78.7 Å². The molecule has 3 amide bonds. The Morgan fingerprint density at radius 1 is 0.955 bits per heavy atom. The van der Waals surface area contributed by atoms with E-state index in [0.717, 1.165) is 10.0 Å². The second-order valence-corrected chi connectivity index (χ2v) is 12.0. The summed E-state index contributed by atoms with van der Waals surface area (Å²) >= 11 is 3.51. The van der Waals surface area contributed by atoms with Crippen LogP contribution in [-0.2, 0) is 9.53 Å². The van der Waals surface area contributed by atoms with Crippen LogP contribution in [0.2, 0.25) is 0 Å². The van der Waals surface area contributed by atoms with Crippen LogP contribution in [0, 0.1) is 0 Å². The monoisotopic (exact) mass is 662 g/mol. The average Bonchev–Trinajstić information content (AvgIpc) is 3.00. The van der Waals surface area contributed by atoms with E-state index in [1.54, 1.807) is 60.5 Å². The summed E-state index contributed by atoms with van der Waals surface area (Å²) in [5.41, 5.74) is 7.69. The fourth-order valence-electron chi connectivity index (χ4n) is 6.25. The smallest absolute Gasteiger partial charge is 0.321 e. The third-order valence-electron chi connectivity index (χ3n) is 8.33. The van der Waals surface area contributed by atoms with Crippen molar-refractivity contribution in [3.63, 3.8) is 0 Å². The number of nitrogens with zero attached hydrogens (tertiary/aromatic N) is 2. The average molecular weight is 664 g/mol. The molecule has 2 aliphatic rings. The van der Waals surface area contributed by atoms with Crippen LogP contribution in [0.15, 0.2) is 77.3 Å². The van der Waals surface area contributed by atoms with Gasteiger partial charge in [-0.15, -0.1) is 0 Å². The van der Waals surface area contributed by atoms with Crippen LogP contribution in [0.3, 0.4) is 0 Å². The number of carbonyl (C=O) groups excluding carboxylic acids is 4. The molecule has 2 saturated heterocycles. The highest BCUT2D eigenvalue weighted by Crippen LogP contribution is 2.44. The van der Waals surface area contributed by atoms with Crippen molar-refractivity contribution in [2.24, 2.45) is 5.73 Å². The van der Waals surface area contributed by atoms with Crippen LogP contribution in [0.1, 0.15) is 52.0 Å². The molecule has 4 atom stereocenters. The first-order chi connectivity index (χ1) is 21.1. The number of ketones is 1. The van der Waals surface area contributed by atoms with Crippen LogP contribution < -0.4 is 15.8 Å². The minimum Gasteiger partial charge on any atom is -0.497 e. The number of amides is 3. The summed E-state index contributed by atoms with van der Waals surface area (Å²) in [6.45, 7) is 2.57. The molecule has 1 unspecified atom stereocenters. The molecule has 3 N–H and O–H groups in total. The number of ether oxygens (including phenoxy) is 2. The van der Waals surface area contributed by atoms with E-state index in [-0.39, 0.29) is 47.4 Å². The van der Waals surface area contributed by atoms with Crippen LogP contribution in [0.25, 0.3) is 0 Å². The van der Waals surface area contributed by atoms with Gasteiger partial charge in [-0.3, -0.25) is 19.3 Å². The number of Topliss-reactive ketones (excluding diaryl/α,β-unsaturated/α-hetero) is 1. The van der Waals surface area contributed by atoms with E-state index < -0.39 is 18.0 Å². The number of methoxy groups -OCH3 is 1. The van der Waals surface area contributed by atoms with E-state index in [1.165, 1.54) is 6.92 Å². The lowest BCUT2D eigenvalue weighted by Crippen LogP contribution is -2.69. The number of hydrogen-bond acceptors (Lipinski definition) is 7. The van der Waals surface area contributed by atoms with Crippen molar-refractivity contribution in [3.05, 3.63) is 94.0 Å².